The standard InChI is InChI=1S/C15H21N3O4S/c1-13-16-7-9-18(13)10-8-17-23(19,20)12-11-22-15-5-3-14(21-2)4-6-15/h3-7,9,17H,8,10-12H2,1-2H3. The summed E-state index contributed by atoms with van der Waals surface area (Å²) in [4.78, 5) is 4.08. The summed E-state index contributed by atoms with van der Waals surface area (Å²) < 4.78 is 38.7. The number of aryl methyl sites for hydroxylation is 1. The number of rotatable bonds is 9. The van der Waals surface area contributed by atoms with Crippen LogP contribution in [0.15, 0.2) is 36.7 Å². The predicted molar refractivity (Wildman–Crippen MR) is 87.2 cm³/mol. The average Bonchev–Trinajstić information content (AvgIpc) is 2.93. The zero-order valence-electron chi connectivity index (χ0n) is 13.2. The fourth-order valence-corrected chi connectivity index (χ4v) is 2.82. The molecule has 0 saturated carbocycles. The van der Waals surface area contributed by atoms with Gasteiger partial charge in [-0.1, -0.05) is 0 Å². The molecule has 0 aliphatic carbocycles. The van der Waals surface area contributed by atoms with E-state index in [0.29, 0.717) is 18.8 Å². The summed E-state index contributed by atoms with van der Waals surface area (Å²) in [5.74, 6) is 2.09. The number of hydrogen-bond acceptors (Lipinski definition) is 5. The smallest absolute Gasteiger partial charge is 0.215 e. The first kappa shape index (κ1) is 17.3. The lowest BCUT2D eigenvalue weighted by Gasteiger charge is -2.10. The molecule has 8 heteroatoms. The Kier molecular flexibility index (Phi) is 6.00. The van der Waals surface area contributed by atoms with Crippen molar-refractivity contribution in [3.05, 3.63) is 42.5 Å². The molecule has 0 radical (unpaired) electrons. The number of sulfonamides is 1. The van der Waals surface area contributed by atoms with E-state index in [1.807, 2.05) is 17.7 Å². The third-order valence-corrected chi connectivity index (χ3v) is 4.63. The van der Waals surface area contributed by atoms with E-state index in [9.17, 15) is 8.42 Å². The minimum atomic E-state index is -3.36. The molecule has 2 rings (SSSR count). The molecule has 2 aromatic rings. The van der Waals surface area contributed by atoms with E-state index in [4.69, 9.17) is 9.47 Å². The van der Waals surface area contributed by atoms with Gasteiger partial charge in [-0.25, -0.2) is 18.1 Å². The molecule has 0 aliphatic rings. The number of hydrogen-bond donors (Lipinski definition) is 1. The Balaban J connectivity index is 1.71. The van der Waals surface area contributed by atoms with E-state index in [1.165, 1.54) is 0 Å². The number of methoxy groups -OCH3 is 1. The van der Waals surface area contributed by atoms with Crippen LogP contribution in [0.3, 0.4) is 0 Å². The number of imidazole rings is 1. The van der Waals surface area contributed by atoms with Gasteiger partial charge in [0.05, 0.1) is 12.9 Å². The van der Waals surface area contributed by atoms with Crippen molar-refractivity contribution in [3.63, 3.8) is 0 Å². The van der Waals surface area contributed by atoms with Crippen LogP contribution in [0.2, 0.25) is 0 Å². The maximum absolute atomic E-state index is 11.9. The zero-order valence-corrected chi connectivity index (χ0v) is 14.0. The molecule has 0 saturated heterocycles. The van der Waals surface area contributed by atoms with Gasteiger partial charge in [-0.3, -0.25) is 0 Å². The van der Waals surface area contributed by atoms with Crippen LogP contribution in [0, 0.1) is 6.92 Å². The summed E-state index contributed by atoms with van der Waals surface area (Å²) in [6.45, 7) is 2.83. The second-order valence-corrected chi connectivity index (χ2v) is 6.83. The molecule has 1 heterocycles. The summed E-state index contributed by atoms with van der Waals surface area (Å²) in [5.41, 5.74) is 0. The van der Waals surface area contributed by atoms with Gasteiger partial charge in [0.1, 0.15) is 23.9 Å². The van der Waals surface area contributed by atoms with E-state index in [1.54, 1.807) is 37.6 Å². The highest BCUT2D eigenvalue weighted by atomic mass is 32.2. The van der Waals surface area contributed by atoms with Gasteiger partial charge >= 0.3 is 0 Å². The Hall–Kier alpha value is -2.06. The summed E-state index contributed by atoms with van der Waals surface area (Å²) in [5, 5.41) is 0. The zero-order chi connectivity index (χ0) is 16.7. The van der Waals surface area contributed by atoms with E-state index in [0.717, 1.165) is 11.6 Å². The normalized spacial score (nSPS) is 11.4. The van der Waals surface area contributed by atoms with Gasteiger partial charge in [0.15, 0.2) is 0 Å². The molecule has 1 aromatic heterocycles. The highest BCUT2D eigenvalue weighted by molar-refractivity contribution is 7.89. The number of nitrogens with zero attached hydrogens (tertiary/aromatic N) is 2. The van der Waals surface area contributed by atoms with Crippen molar-refractivity contribution in [2.24, 2.45) is 0 Å². The molecule has 0 bridgehead atoms. The van der Waals surface area contributed by atoms with Gasteiger partial charge in [-0.05, 0) is 31.2 Å². The third-order valence-electron chi connectivity index (χ3n) is 3.28. The van der Waals surface area contributed by atoms with Crippen LogP contribution in [-0.2, 0) is 16.6 Å². The van der Waals surface area contributed by atoms with Crippen molar-refractivity contribution in [2.45, 2.75) is 13.5 Å². The Morgan fingerprint density at radius 3 is 2.52 bits per heavy atom. The maximum Gasteiger partial charge on any atom is 0.215 e. The van der Waals surface area contributed by atoms with Crippen molar-refractivity contribution in [2.75, 3.05) is 26.0 Å². The lowest BCUT2D eigenvalue weighted by atomic mass is 10.3. The quantitative estimate of drug-likeness (QED) is 0.742. The Morgan fingerprint density at radius 1 is 1.22 bits per heavy atom. The van der Waals surface area contributed by atoms with Gasteiger partial charge in [0.2, 0.25) is 10.0 Å². The van der Waals surface area contributed by atoms with Crippen LogP contribution >= 0.6 is 0 Å². The molecular weight excluding hydrogens is 318 g/mol. The lowest BCUT2D eigenvalue weighted by molar-refractivity contribution is 0.339. The second kappa shape index (κ2) is 7.98. The van der Waals surface area contributed by atoms with Crippen molar-refractivity contribution in [1.82, 2.24) is 14.3 Å². The van der Waals surface area contributed by atoms with Crippen LogP contribution in [0.25, 0.3) is 0 Å². The van der Waals surface area contributed by atoms with Crippen molar-refractivity contribution in [1.29, 1.82) is 0 Å². The molecule has 0 aliphatic heterocycles. The molecule has 1 N–H and O–H groups in total. The molecule has 126 valence electrons. The molecule has 0 unspecified atom stereocenters. The second-order valence-electron chi connectivity index (χ2n) is 4.91. The van der Waals surface area contributed by atoms with Crippen molar-refractivity contribution >= 4 is 10.0 Å². The van der Waals surface area contributed by atoms with Gasteiger partial charge in [0, 0.05) is 25.5 Å². The first-order chi connectivity index (χ1) is 11.0. The highest BCUT2D eigenvalue weighted by Crippen LogP contribution is 2.16. The lowest BCUT2D eigenvalue weighted by Crippen LogP contribution is -2.31. The van der Waals surface area contributed by atoms with Crippen LogP contribution in [-0.4, -0.2) is 44.0 Å². The summed E-state index contributed by atoms with van der Waals surface area (Å²) in [6, 6.07) is 6.99. The van der Waals surface area contributed by atoms with Gasteiger partial charge in [0.25, 0.3) is 0 Å². The van der Waals surface area contributed by atoms with Crippen LogP contribution in [0.5, 0.6) is 11.5 Å². The molecule has 23 heavy (non-hydrogen) atoms. The number of nitrogens with one attached hydrogen (secondary N) is 1. The summed E-state index contributed by atoms with van der Waals surface area (Å²) in [6.07, 6.45) is 3.50. The van der Waals surface area contributed by atoms with Gasteiger partial charge in [-0.2, -0.15) is 0 Å². The van der Waals surface area contributed by atoms with Gasteiger partial charge < -0.3 is 14.0 Å². The molecule has 0 amide bonds. The minimum absolute atomic E-state index is 0.0891. The van der Waals surface area contributed by atoms with Crippen LogP contribution < -0.4 is 14.2 Å². The van der Waals surface area contributed by atoms with E-state index < -0.39 is 10.0 Å². The number of ether oxygens (including phenoxy) is 2. The summed E-state index contributed by atoms with van der Waals surface area (Å²) in [7, 11) is -1.78. The first-order valence-electron chi connectivity index (χ1n) is 7.22. The Labute approximate surface area is 136 Å². The number of aromatic nitrogens is 2. The summed E-state index contributed by atoms with van der Waals surface area (Å²) >= 11 is 0. The fraction of sp³-hybridized carbons (Fsp3) is 0.400. The largest absolute Gasteiger partial charge is 0.497 e. The maximum atomic E-state index is 11.9. The molecule has 0 spiro atoms. The Bertz CT molecular complexity index is 711. The predicted octanol–water partition coefficient (Wildman–Crippen LogP) is 1.20. The van der Waals surface area contributed by atoms with Crippen LogP contribution in [0.4, 0.5) is 0 Å². The fourth-order valence-electron chi connectivity index (χ4n) is 1.97. The minimum Gasteiger partial charge on any atom is -0.497 e. The topological polar surface area (TPSA) is 82.5 Å². The monoisotopic (exact) mass is 339 g/mol. The molecule has 0 fully saturated rings. The van der Waals surface area contributed by atoms with Crippen LogP contribution in [0.1, 0.15) is 5.82 Å². The SMILES string of the molecule is COc1ccc(OCCS(=O)(=O)NCCn2ccnc2C)cc1. The van der Waals surface area contributed by atoms with E-state index >= 15 is 0 Å². The van der Waals surface area contributed by atoms with E-state index in [2.05, 4.69) is 9.71 Å². The van der Waals surface area contributed by atoms with E-state index in [-0.39, 0.29) is 12.4 Å². The molecule has 0 atom stereocenters. The molecular formula is C15H21N3O4S. The molecule has 1 aromatic carbocycles. The Morgan fingerprint density at radius 2 is 1.91 bits per heavy atom. The van der Waals surface area contributed by atoms with Gasteiger partial charge in [-0.15, -0.1) is 0 Å². The number of benzene rings is 1. The highest BCUT2D eigenvalue weighted by Gasteiger charge is 2.10. The first-order valence-corrected chi connectivity index (χ1v) is 8.87. The average molecular weight is 339 g/mol. The van der Waals surface area contributed by atoms with Crippen molar-refractivity contribution in [3.8, 4) is 11.5 Å². The third kappa shape index (κ3) is 5.57. The molecule has 7 nitrogen and oxygen atoms in total. The van der Waals surface area contributed by atoms with Crippen molar-refractivity contribution < 1.29 is 17.9 Å².